The van der Waals surface area contributed by atoms with E-state index >= 15 is 0 Å². The molecule has 4 heterocycles. The highest BCUT2D eigenvalue weighted by atomic mass is 19.4. The highest BCUT2D eigenvalue weighted by Gasteiger charge is 2.38. The minimum absolute atomic E-state index is 0.0497. The Kier molecular flexibility index (Phi) is 6.64. The van der Waals surface area contributed by atoms with Gasteiger partial charge in [0.25, 0.3) is 5.91 Å². The molecule has 166 valence electrons. The molecule has 1 aliphatic rings. The fourth-order valence-corrected chi connectivity index (χ4v) is 3.27. The predicted molar refractivity (Wildman–Crippen MR) is 106 cm³/mol. The van der Waals surface area contributed by atoms with E-state index in [1.807, 2.05) is 45.8 Å². The minimum Gasteiger partial charge on any atom is -0.475 e. The summed E-state index contributed by atoms with van der Waals surface area (Å²) in [5, 5.41) is 11.5. The molecule has 0 bridgehead atoms. The van der Waals surface area contributed by atoms with Crippen LogP contribution < -0.4 is 0 Å². The first-order chi connectivity index (χ1) is 14.7. The molecule has 1 fully saturated rings. The number of carboxylic acids is 1. The number of aromatic nitrogens is 3. The lowest BCUT2D eigenvalue weighted by atomic mass is 10.3. The molecule has 0 aromatic carbocycles. The van der Waals surface area contributed by atoms with Gasteiger partial charge in [0.15, 0.2) is 0 Å². The van der Waals surface area contributed by atoms with Crippen molar-refractivity contribution in [3.8, 4) is 5.82 Å². The number of carbonyl (C=O) groups excluding carboxylic acids is 1. The number of hydrogen-bond donors (Lipinski definition) is 1. The molecule has 31 heavy (non-hydrogen) atoms. The van der Waals surface area contributed by atoms with Gasteiger partial charge in [0.05, 0.1) is 6.20 Å². The molecule has 1 amide bonds. The maximum Gasteiger partial charge on any atom is 0.490 e. The van der Waals surface area contributed by atoms with E-state index < -0.39 is 12.1 Å². The van der Waals surface area contributed by atoms with Crippen LogP contribution in [0, 0.1) is 0 Å². The Morgan fingerprint density at radius 1 is 1.03 bits per heavy atom. The Balaban J connectivity index is 0.000000339. The van der Waals surface area contributed by atoms with E-state index in [1.54, 1.807) is 16.9 Å². The molecule has 1 N–H and O–H groups in total. The smallest absolute Gasteiger partial charge is 0.475 e. The van der Waals surface area contributed by atoms with Crippen LogP contribution in [0.25, 0.3) is 11.3 Å². The van der Waals surface area contributed by atoms with Crippen LogP contribution in [-0.2, 0) is 4.79 Å². The number of carboxylic acid groups (broad SMARTS) is 1. The molecule has 0 spiro atoms. The van der Waals surface area contributed by atoms with Gasteiger partial charge in [-0.3, -0.25) is 4.79 Å². The van der Waals surface area contributed by atoms with Crippen LogP contribution in [0.1, 0.15) is 16.9 Å². The van der Waals surface area contributed by atoms with Gasteiger partial charge in [0.2, 0.25) is 0 Å². The number of halogens is 3. The molecule has 11 heteroatoms. The summed E-state index contributed by atoms with van der Waals surface area (Å²) in [5.74, 6) is -1.83. The van der Waals surface area contributed by atoms with Gasteiger partial charge in [-0.25, -0.2) is 9.48 Å². The number of aliphatic carboxylic acids is 1. The fraction of sp³-hybridized carbons (Fsp3) is 0.350. The number of likely N-dealkylation sites (N-methyl/N-ethyl adjacent to an activating group) is 1. The largest absolute Gasteiger partial charge is 0.490 e. The van der Waals surface area contributed by atoms with Gasteiger partial charge in [0.1, 0.15) is 11.5 Å². The normalized spacial score (nSPS) is 15.3. The van der Waals surface area contributed by atoms with Crippen LogP contribution in [0.4, 0.5) is 13.2 Å². The lowest BCUT2D eigenvalue weighted by molar-refractivity contribution is -0.192. The zero-order valence-electron chi connectivity index (χ0n) is 16.8. The molecule has 3 aromatic rings. The van der Waals surface area contributed by atoms with Crippen molar-refractivity contribution in [2.75, 3.05) is 33.2 Å². The summed E-state index contributed by atoms with van der Waals surface area (Å²) < 4.78 is 35.5. The Morgan fingerprint density at radius 3 is 2.48 bits per heavy atom. The van der Waals surface area contributed by atoms with E-state index in [4.69, 9.17) is 9.90 Å². The Bertz CT molecular complexity index is 1060. The topological polar surface area (TPSA) is 83.1 Å². The second kappa shape index (κ2) is 9.21. The summed E-state index contributed by atoms with van der Waals surface area (Å²) in [5.41, 5.74) is 1.70. The molecular weight excluding hydrogens is 415 g/mol. The van der Waals surface area contributed by atoms with Crippen molar-refractivity contribution in [2.24, 2.45) is 0 Å². The zero-order valence-corrected chi connectivity index (χ0v) is 16.8. The first kappa shape index (κ1) is 22.3. The van der Waals surface area contributed by atoms with Gasteiger partial charge in [0, 0.05) is 31.3 Å². The third-order valence-electron chi connectivity index (χ3n) is 4.87. The van der Waals surface area contributed by atoms with Crippen molar-refractivity contribution in [1.82, 2.24) is 24.0 Å². The predicted octanol–water partition coefficient (Wildman–Crippen LogP) is 2.54. The van der Waals surface area contributed by atoms with E-state index in [-0.39, 0.29) is 5.91 Å². The standard InChI is InChI=1S/C18H21N5O.C2HF3O2/c1-20-10-4-11-21(14-13-20)18(24)16-8-9-19-23(16)17-7-6-15-5-2-3-12-22(15)17;3-2(4,5)1(6)7/h2-3,5-9,12H,4,10-11,13-14H2,1H3;(H,6,7). The summed E-state index contributed by atoms with van der Waals surface area (Å²) in [6.07, 6.45) is -0.397. The van der Waals surface area contributed by atoms with Crippen molar-refractivity contribution < 1.29 is 27.9 Å². The SMILES string of the molecule is CN1CCCN(C(=O)c2ccnn2-c2ccc3ccccn23)CC1.O=C(O)C(F)(F)F. The molecular formula is C20H22F3N5O3. The van der Waals surface area contributed by atoms with Crippen LogP contribution in [0.2, 0.25) is 0 Å². The Labute approximate surface area is 176 Å². The van der Waals surface area contributed by atoms with Crippen molar-refractivity contribution in [3.05, 3.63) is 54.5 Å². The number of hydrogen-bond acceptors (Lipinski definition) is 4. The van der Waals surface area contributed by atoms with Crippen LogP contribution in [0.15, 0.2) is 48.8 Å². The van der Waals surface area contributed by atoms with Gasteiger partial charge in [-0.1, -0.05) is 6.07 Å². The molecule has 0 saturated carbocycles. The third kappa shape index (κ3) is 5.23. The second-order valence-electron chi connectivity index (χ2n) is 7.07. The van der Waals surface area contributed by atoms with Crippen LogP contribution >= 0.6 is 0 Å². The maximum absolute atomic E-state index is 13.0. The van der Waals surface area contributed by atoms with Crippen LogP contribution in [0.5, 0.6) is 0 Å². The highest BCUT2D eigenvalue weighted by molar-refractivity contribution is 5.93. The average Bonchev–Trinajstić information content (AvgIpc) is 3.30. The van der Waals surface area contributed by atoms with Crippen LogP contribution in [0.3, 0.4) is 0 Å². The summed E-state index contributed by atoms with van der Waals surface area (Å²) in [7, 11) is 2.10. The number of alkyl halides is 3. The number of pyridine rings is 1. The Hall–Kier alpha value is -3.34. The molecule has 3 aromatic heterocycles. The minimum atomic E-state index is -5.08. The number of rotatable bonds is 2. The van der Waals surface area contributed by atoms with E-state index in [0.29, 0.717) is 5.69 Å². The van der Waals surface area contributed by atoms with Crippen LogP contribution in [-0.4, -0.2) is 80.4 Å². The second-order valence-corrected chi connectivity index (χ2v) is 7.07. The van der Waals surface area contributed by atoms with Gasteiger partial charge in [-0.2, -0.15) is 18.3 Å². The summed E-state index contributed by atoms with van der Waals surface area (Å²) in [4.78, 5) is 26.1. The quantitative estimate of drug-likeness (QED) is 0.666. The molecule has 0 unspecified atom stereocenters. The summed E-state index contributed by atoms with van der Waals surface area (Å²) in [6.45, 7) is 3.50. The summed E-state index contributed by atoms with van der Waals surface area (Å²) >= 11 is 0. The number of carbonyl (C=O) groups is 2. The van der Waals surface area contributed by atoms with Crippen molar-refractivity contribution in [3.63, 3.8) is 0 Å². The van der Waals surface area contributed by atoms with E-state index in [0.717, 1.165) is 43.9 Å². The van der Waals surface area contributed by atoms with Gasteiger partial charge >= 0.3 is 12.1 Å². The van der Waals surface area contributed by atoms with Crippen molar-refractivity contribution in [1.29, 1.82) is 0 Å². The third-order valence-corrected chi connectivity index (χ3v) is 4.87. The number of amides is 1. The average molecular weight is 437 g/mol. The molecule has 0 atom stereocenters. The summed E-state index contributed by atoms with van der Waals surface area (Å²) in [6, 6.07) is 11.9. The van der Waals surface area contributed by atoms with Crippen molar-refractivity contribution in [2.45, 2.75) is 12.6 Å². The van der Waals surface area contributed by atoms with Crippen molar-refractivity contribution >= 4 is 17.4 Å². The number of nitrogens with zero attached hydrogens (tertiary/aromatic N) is 5. The molecule has 0 aliphatic carbocycles. The molecule has 8 nitrogen and oxygen atoms in total. The first-order valence-electron chi connectivity index (χ1n) is 9.57. The van der Waals surface area contributed by atoms with Gasteiger partial charge in [-0.15, -0.1) is 0 Å². The van der Waals surface area contributed by atoms with E-state index in [1.165, 1.54) is 0 Å². The zero-order chi connectivity index (χ0) is 22.6. The highest BCUT2D eigenvalue weighted by Crippen LogP contribution is 2.17. The maximum atomic E-state index is 13.0. The molecule has 0 radical (unpaired) electrons. The lowest BCUT2D eigenvalue weighted by Gasteiger charge is -2.21. The van der Waals surface area contributed by atoms with Gasteiger partial charge < -0.3 is 19.3 Å². The Morgan fingerprint density at radius 2 is 1.77 bits per heavy atom. The molecule has 1 aliphatic heterocycles. The number of fused-ring (bicyclic) bond motifs is 1. The lowest BCUT2D eigenvalue weighted by Crippen LogP contribution is -2.35. The van der Waals surface area contributed by atoms with E-state index in [9.17, 15) is 18.0 Å². The molecule has 1 saturated heterocycles. The monoisotopic (exact) mass is 437 g/mol. The molecule has 4 rings (SSSR count). The first-order valence-corrected chi connectivity index (χ1v) is 9.57. The van der Waals surface area contributed by atoms with Gasteiger partial charge in [-0.05, 0) is 50.3 Å². The van der Waals surface area contributed by atoms with E-state index in [2.05, 4.69) is 17.0 Å². The fourth-order valence-electron chi connectivity index (χ4n) is 3.27.